The Labute approximate surface area is 157 Å². The summed E-state index contributed by atoms with van der Waals surface area (Å²) in [5, 5.41) is 10.8. The lowest BCUT2D eigenvalue weighted by atomic mass is 10.1. The van der Waals surface area contributed by atoms with E-state index in [4.69, 9.17) is 0 Å². The Morgan fingerprint density at radius 3 is 2.11 bits per heavy atom. The third-order valence-electron chi connectivity index (χ3n) is 3.61. The van der Waals surface area contributed by atoms with Gasteiger partial charge in [0.05, 0.1) is 13.2 Å². The van der Waals surface area contributed by atoms with Gasteiger partial charge in [0.25, 0.3) is 0 Å². The molecule has 8 heteroatoms. The molecule has 0 aliphatic rings. The molecule has 1 unspecified atom stereocenters. The van der Waals surface area contributed by atoms with Crippen LogP contribution in [-0.4, -0.2) is 25.1 Å². The first-order valence-electron chi connectivity index (χ1n) is 8.27. The smallest absolute Gasteiger partial charge is 0.411 e. The Morgan fingerprint density at radius 2 is 1.48 bits per heavy atom. The van der Waals surface area contributed by atoms with Gasteiger partial charge in [-0.2, -0.15) is 0 Å². The molecule has 142 valence electrons. The number of carbonyl (C=O) groups excluding carboxylic acids is 3. The molecule has 4 amide bonds. The molecule has 0 aliphatic heterocycles. The molecule has 0 saturated carbocycles. The Balaban J connectivity index is 1.98. The number of nitrogens with one attached hydrogen (secondary N) is 4. The first kappa shape index (κ1) is 19.8. The Morgan fingerprint density at radius 1 is 0.889 bits per heavy atom. The van der Waals surface area contributed by atoms with Crippen molar-refractivity contribution < 1.29 is 19.1 Å². The maximum atomic E-state index is 12.2. The molecule has 27 heavy (non-hydrogen) atoms. The van der Waals surface area contributed by atoms with Crippen molar-refractivity contribution in [3.63, 3.8) is 0 Å². The van der Waals surface area contributed by atoms with E-state index >= 15 is 0 Å². The van der Waals surface area contributed by atoms with Crippen molar-refractivity contribution in [1.29, 1.82) is 0 Å². The van der Waals surface area contributed by atoms with Gasteiger partial charge in [-0.1, -0.05) is 18.2 Å². The van der Waals surface area contributed by atoms with Crippen molar-refractivity contribution in [3.8, 4) is 0 Å². The summed E-state index contributed by atoms with van der Waals surface area (Å²) in [6.07, 6.45) is -0.593. The monoisotopic (exact) mass is 370 g/mol. The first-order chi connectivity index (χ1) is 12.9. The molecule has 1 atom stereocenters. The molecule has 0 fully saturated rings. The largest absolute Gasteiger partial charge is 0.453 e. The summed E-state index contributed by atoms with van der Waals surface area (Å²) < 4.78 is 4.53. The maximum Gasteiger partial charge on any atom is 0.411 e. The van der Waals surface area contributed by atoms with Crippen LogP contribution in [0, 0.1) is 0 Å². The summed E-state index contributed by atoms with van der Waals surface area (Å²) in [4.78, 5) is 34.7. The molecule has 0 radical (unpaired) electrons. The van der Waals surface area contributed by atoms with Crippen LogP contribution in [0.2, 0.25) is 0 Å². The third kappa shape index (κ3) is 6.35. The number of benzene rings is 2. The summed E-state index contributed by atoms with van der Waals surface area (Å²) in [6, 6.07) is 13.2. The molecule has 2 rings (SSSR count). The van der Waals surface area contributed by atoms with Gasteiger partial charge in [-0.05, 0) is 42.8 Å². The standard InChI is InChI=1S/C19H22N4O4/c1-12(14-6-4-7-15(10-14)21-13(2)24)20-18(25)22-16-8-5-9-17(11-16)23-19(26)27-3/h4-12H,1-3H3,(H,21,24)(H,23,26)(H2,20,22,25). The number of ether oxygens (including phenoxy) is 1. The second-order valence-corrected chi connectivity index (χ2v) is 5.82. The molecule has 0 heterocycles. The van der Waals surface area contributed by atoms with Crippen LogP contribution < -0.4 is 21.3 Å². The lowest BCUT2D eigenvalue weighted by Gasteiger charge is -2.16. The predicted molar refractivity (Wildman–Crippen MR) is 104 cm³/mol. The lowest BCUT2D eigenvalue weighted by Crippen LogP contribution is -2.31. The fourth-order valence-corrected chi connectivity index (χ4v) is 2.38. The van der Waals surface area contributed by atoms with Crippen LogP contribution >= 0.6 is 0 Å². The number of carbonyl (C=O) groups is 3. The highest BCUT2D eigenvalue weighted by molar-refractivity contribution is 5.91. The summed E-state index contributed by atoms with van der Waals surface area (Å²) >= 11 is 0. The lowest BCUT2D eigenvalue weighted by molar-refractivity contribution is -0.114. The second kappa shape index (κ2) is 9.23. The van der Waals surface area contributed by atoms with Crippen molar-refractivity contribution in [1.82, 2.24) is 5.32 Å². The zero-order valence-corrected chi connectivity index (χ0v) is 15.3. The topological polar surface area (TPSA) is 109 Å². The van der Waals surface area contributed by atoms with E-state index in [1.165, 1.54) is 14.0 Å². The number of methoxy groups -OCH3 is 1. The van der Waals surface area contributed by atoms with E-state index in [2.05, 4.69) is 26.0 Å². The van der Waals surface area contributed by atoms with Crippen LogP contribution in [-0.2, 0) is 9.53 Å². The quantitative estimate of drug-likeness (QED) is 0.643. The number of hydrogen-bond acceptors (Lipinski definition) is 4. The van der Waals surface area contributed by atoms with Crippen LogP contribution in [0.25, 0.3) is 0 Å². The normalized spacial score (nSPS) is 11.1. The van der Waals surface area contributed by atoms with E-state index in [-0.39, 0.29) is 11.9 Å². The van der Waals surface area contributed by atoms with Crippen LogP contribution in [0.4, 0.5) is 26.7 Å². The van der Waals surface area contributed by atoms with Gasteiger partial charge in [-0.3, -0.25) is 10.1 Å². The van der Waals surface area contributed by atoms with Gasteiger partial charge < -0.3 is 20.7 Å². The first-order valence-corrected chi connectivity index (χ1v) is 8.27. The molecule has 4 N–H and O–H groups in total. The van der Waals surface area contributed by atoms with Gasteiger partial charge in [0.1, 0.15) is 0 Å². The van der Waals surface area contributed by atoms with Crippen LogP contribution in [0.5, 0.6) is 0 Å². The number of amides is 4. The van der Waals surface area contributed by atoms with Gasteiger partial charge in [0, 0.05) is 24.0 Å². The molecule has 0 spiro atoms. The Kier molecular flexibility index (Phi) is 6.76. The minimum Gasteiger partial charge on any atom is -0.453 e. The molecule has 0 aliphatic carbocycles. The molecule has 0 aromatic heterocycles. The predicted octanol–water partition coefficient (Wildman–Crippen LogP) is 3.71. The fourth-order valence-electron chi connectivity index (χ4n) is 2.38. The number of anilines is 3. The molecule has 0 bridgehead atoms. The zero-order chi connectivity index (χ0) is 19.8. The molecule has 2 aromatic rings. The van der Waals surface area contributed by atoms with Gasteiger partial charge in [-0.15, -0.1) is 0 Å². The Hall–Kier alpha value is -3.55. The number of hydrogen-bond donors (Lipinski definition) is 4. The Bertz CT molecular complexity index is 838. The molecule has 2 aromatic carbocycles. The second-order valence-electron chi connectivity index (χ2n) is 5.82. The average Bonchev–Trinajstić information content (AvgIpc) is 2.61. The number of urea groups is 1. The fraction of sp³-hybridized carbons (Fsp3) is 0.211. The van der Waals surface area contributed by atoms with Crippen molar-refractivity contribution in [2.24, 2.45) is 0 Å². The van der Waals surface area contributed by atoms with Crippen LogP contribution in [0.3, 0.4) is 0 Å². The van der Waals surface area contributed by atoms with E-state index in [0.29, 0.717) is 17.1 Å². The van der Waals surface area contributed by atoms with Crippen molar-refractivity contribution >= 4 is 35.1 Å². The van der Waals surface area contributed by atoms with E-state index in [1.54, 1.807) is 42.5 Å². The van der Waals surface area contributed by atoms with Gasteiger partial charge in [-0.25, -0.2) is 9.59 Å². The number of rotatable bonds is 5. The third-order valence-corrected chi connectivity index (χ3v) is 3.61. The summed E-state index contributed by atoms with van der Waals surface area (Å²) in [7, 11) is 1.27. The van der Waals surface area contributed by atoms with Gasteiger partial charge in [0.2, 0.25) is 5.91 Å². The van der Waals surface area contributed by atoms with E-state index in [1.807, 2.05) is 13.0 Å². The minimum absolute atomic E-state index is 0.161. The zero-order valence-electron chi connectivity index (χ0n) is 15.3. The molecule has 0 saturated heterocycles. The SMILES string of the molecule is COC(=O)Nc1cccc(NC(=O)NC(C)c2cccc(NC(C)=O)c2)c1. The summed E-state index contributed by atoms with van der Waals surface area (Å²) in [5.41, 5.74) is 2.52. The van der Waals surface area contributed by atoms with Crippen molar-refractivity contribution in [2.45, 2.75) is 19.9 Å². The maximum absolute atomic E-state index is 12.2. The van der Waals surface area contributed by atoms with Crippen molar-refractivity contribution in [2.75, 3.05) is 23.1 Å². The van der Waals surface area contributed by atoms with Crippen LogP contribution in [0.15, 0.2) is 48.5 Å². The minimum atomic E-state index is -0.593. The van der Waals surface area contributed by atoms with Crippen molar-refractivity contribution in [3.05, 3.63) is 54.1 Å². The highest BCUT2D eigenvalue weighted by atomic mass is 16.5. The summed E-state index contributed by atoms with van der Waals surface area (Å²) in [5.74, 6) is -0.161. The summed E-state index contributed by atoms with van der Waals surface area (Å²) in [6.45, 7) is 3.27. The molecular weight excluding hydrogens is 348 g/mol. The highest BCUT2D eigenvalue weighted by Gasteiger charge is 2.11. The molecule has 8 nitrogen and oxygen atoms in total. The average molecular weight is 370 g/mol. The van der Waals surface area contributed by atoms with Gasteiger partial charge >= 0.3 is 12.1 Å². The van der Waals surface area contributed by atoms with Crippen LogP contribution in [0.1, 0.15) is 25.5 Å². The highest BCUT2D eigenvalue weighted by Crippen LogP contribution is 2.19. The van der Waals surface area contributed by atoms with E-state index < -0.39 is 12.1 Å². The van der Waals surface area contributed by atoms with E-state index in [9.17, 15) is 14.4 Å². The van der Waals surface area contributed by atoms with Gasteiger partial charge in [0.15, 0.2) is 0 Å². The van der Waals surface area contributed by atoms with E-state index in [0.717, 1.165) is 5.56 Å². The molecular formula is C19H22N4O4.